The normalized spacial score (nSPS) is 11.7. The third-order valence-electron chi connectivity index (χ3n) is 4.45. The summed E-state index contributed by atoms with van der Waals surface area (Å²) in [7, 11) is -1.06. The second kappa shape index (κ2) is 9.86. The second-order valence-electron chi connectivity index (χ2n) is 6.52. The third-order valence-corrected chi connectivity index (χ3v) is 8.09. The molecule has 0 N–H and O–H groups in total. The number of hydrogen-bond donors (Lipinski definition) is 0. The molecule has 0 aliphatic carbocycles. The highest BCUT2D eigenvalue weighted by Crippen LogP contribution is 2.35. The number of nitrogens with zero attached hydrogens (tertiary/aromatic N) is 2. The Balaban J connectivity index is 1.66. The fourth-order valence-electron chi connectivity index (χ4n) is 3.05. The second-order valence-corrected chi connectivity index (χ2v) is 10.3. The maximum absolute atomic E-state index is 12.6. The molecule has 0 saturated heterocycles. The molecule has 0 spiro atoms. The molecule has 3 nitrogen and oxygen atoms in total. The van der Waals surface area contributed by atoms with Gasteiger partial charge in [-0.15, -0.1) is 11.3 Å². The lowest BCUT2D eigenvalue weighted by atomic mass is 10.0. The van der Waals surface area contributed by atoms with Gasteiger partial charge in [0.15, 0.2) is 0 Å². The average molecular weight is 447 g/mol. The van der Waals surface area contributed by atoms with Gasteiger partial charge in [-0.2, -0.15) is 5.26 Å². The van der Waals surface area contributed by atoms with Crippen molar-refractivity contribution in [3.8, 4) is 27.8 Å². The van der Waals surface area contributed by atoms with Crippen LogP contribution in [0.1, 0.15) is 11.1 Å². The standard InChI is InChI=1S/C24H18N2OS3/c25-15-21-20(19-10-5-2-6-11-19)14-22(23-12-7-13-28-23)26-24(21)29-17-30(27)16-18-8-3-1-4-9-18/h1-14H,16-17H2/t30-/m0/s1. The van der Waals surface area contributed by atoms with E-state index in [1.54, 1.807) is 11.3 Å². The molecule has 0 amide bonds. The highest BCUT2D eigenvalue weighted by atomic mass is 32.2. The number of aromatic nitrogens is 1. The lowest BCUT2D eigenvalue weighted by Crippen LogP contribution is -2.00. The first-order chi connectivity index (χ1) is 14.7. The molecule has 4 rings (SSSR count). The predicted molar refractivity (Wildman–Crippen MR) is 127 cm³/mol. The highest BCUT2D eigenvalue weighted by molar-refractivity contribution is 8.10. The van der Waals surface area contributed by atoms with Crippen LogP contribution in [0, 0.1) is 11.3 Å². The molecule has 2 aromatic heterocycles. The van der Waals surface area contributed by atoms with Crippen molar-refractivity contribution >= 4 is 33.9 Å². The van der Waals surface area contributed by atoms with Gasteiger partial charge in [0.2, 0.25) is 0 Å². The van der Waals surface area contributed by atoms with Crippen molar-refractivity contribution in [2.24, 2.45) is 0 Å². The Bertz CT molecular complexity index is 1180. The Morgan fingerprint density at radius 2 is 1.73 bits per heavy atom. The zero-order valence-electron chi connectivity index (χ0n) is 16.0. The lowest BCUT2D eigenvalue weighted by Gasteiger charge is -2.12. The Morgan fingerprint density at radius 3 is 2.40 bits per heavy atom. The maximum Gasteiger partial charge on any atom is 0.116 e. The van der Waals surface area contributed by atoms with Crippen LogP contribution >= 0.6 is 23.1 Å². The topological polar surface area (TPSA) is 53.8 Å². The lowest BCUT2D eigenvalue weighted by molar-refractivity contribution is 0.685. The summed E-state index contributed by atoms with van der Waals surface area (Å²) < 4.78 is 12.6. The zero-order chi connectivity index (χ0) is 20.8. The van der Waals surface area contributed by atoms with E-state index in [2.05, 4.69) is 6.07 Å². The zero-order valence-corrected chi connectivity index (χ0v) is 18.5. The van der Waals surface area contributed by atoms with Crippen LogP contribution in [-0.4, -0.2) is 14.3 Å². The monoisotopic (exact) mass is 446 g/mol. The minimum Gasteiger partial charge on any atom is -0.258 e. The van der Waals surface area contributed by atoms with Crippen LogP contribution < -0.4 is 0 Å². The summed E-state index contributed by atoms with van der Waals surface area (Å²) in [5.74, 6) is 0.492. The molecule has 0 fully saturated rings. The van der Waals surface area contributed by atoms with Gasteiger partial charge in [0.05, 0.1) is 21.2 Å². The number of pyridine rings is 1. The highest BCUT2D eigenvalue weighted by Gasteiger charge is 2.17. The molecular formula is C24H18N2OS3. The molecule has 0 unspecified atom stereocenters. The van der Waals surface area contributed by atoms with Crippen molar-refractivity contribution in [1.82, 2.24) is 4.98 Å². The van der Waals surface area contributed by atoms with Crippen LogP contribution in [0.3, 0.4) is 0 Å². The van der Waals surface area contributed by atoms with Crippen molar-refractivity contribution in [2.75, 3.05) is 5.08 Å². The van der Waals surface area contributed by atoms with Crippen LogP contribution in [0.2, 0.25) is 0 Å². The molecule has 4 aromatic rings. The molecule has 0 radical (unpaired) electrons. The summed E-state index contributed by atoms with van der Waals surface area (Å²) in [6, 6.07) is 28.0. The maximum atomic E-state index is 12.6. The van der Waals surface area contributed by atoms with Crippen LogP contribution in [0.5, 0.6) is 0 Å². The van der Waals surface area contributed by atoms with E-state index >= 15 is 0 Å². The molecule has 2 heterocycles. The van der Waals surface area contributed by atoms with Crippen molar-refractivity contribution < 1.29 is 4.21 Å². The minimum absolute atomic E-state index is 0.388. The fourth-order valence-corrected chi connectivity index (χ4v) is 6.07. The molecule has 0 bridgehead atoms. The molecule has 1 atom stereocenters. The SMILES string of the molecule is N#Cc1c(-c2ccccc2)cc(-c2cccs2)nc1SC[S@@](=O)Cc1ccccc1. The summed E-state index contributed by atoms with van der Waals surface area (Å²) >= 11 is 3.00. The number of nitriles is 1. The van der Waals surface area contributed by atoms with E-state index < -0.39 is 10.8 Å². The van der Waals surface area contributed by atoms with Crippen LogP contribution in [-0.2, 0) is 16.6 Å². The Kier molecular flexibility index (Phi) is 6.75. The number of thioether (sulfide) groups is 1. The quantitative estimate of drug-likeness (QED) is 0.311. The van der Waals surface area contributed by atoms with E-state index in [0.717, 1.165) is 27.3 Å². The Labute approximate surface area is 186 Å². The summed E-state index contributed by atoms with van der Waals surface area (Å²) in [5.41, 5.74) is 4.24. The van der Waals surface area contributed by atoms with Crippen molar-refractivity contribution in [3.05, 3.63) is 95.4 Å². The summed E-state index contributed by atoms with van der Waals surface area (Å²) in [6.45, 7) is 0. The summed E-state index contributed by atoms with van der Waals surface area (Å²) in [5, 5.41) is 12.9. The largest absolute Gasteiger partial charge is 0.258 e. The van der Waals surface area contributed by atoms with Gasteiger partial charge < -0.3 is 0 Å². The van der Waals surface area contributed by atoms with E-state index in [9.17, 15) is 9.47 Å². The van der Waals surface area contributed by atoms with E-state index in [1.165, 1.54) is 11.8 Å². The number of benzene rings is 2. The molecule has 30 heavy (non-hydrogen) atoms. The predicted octanol–water partition coefficient (Wildman–Crippen LogP) is 6.35. The van der Waals surface area contributed by atoms with Gasteiger partial charge in [0.1, 0.15) is 11.1 Å². The third kappa shape index (κ3) is 4.88. The summed E-state index contributed by atoms with van der Waals surface area (Å²) in [6.07, 6.45) is 0. The molecule has 6 heteroatoms. The van der Waals surface area contributed by atoms with Crippen molar-refractivity contribution in [2.45, 2.75) is 10.8 Å². The Morgan fingerprint density at radius 1 is 1.00 bits per heavy atom. The fraction of sp³-hybridized carbons (Fsp3) is 0.0833. The van der Waals surface area contributed by atoms with Gasteiger partial charge in [0.25, 0.3) is 0 Å². The van der Waals surface area contributed by atoms with Crippen molar-refractivity contribution in [3.63, 3.8) is 0 Å². The van der Waals surface area contributed by atoms with Gasteiger partial charge in [-0.05, 0) is 28.6 Å². The van der Waals surface area contributed by atoms with E-state index in [1.807, 2.05) is 84.2 Å². The van der Waals surface area contributed by atoms with E-state index in [4.69, 9.17) is 4.98 Å². The van der Waals surface area contributed by atoms with Crippen LogP contribution in [0.15, 0.2) is 89.3 Å². The van der Waals surface area contributed by atoms with E-state index in [0.29, 0.717) is 21.4 Å². The first kappa shape index (κ1) is 20.5. The molecule has 148 valence electrons. The molecule has 0 saturated carbocycles. The van der Waals surface area contributed by atoms with Gasteiger partial charge in [-0.25, -0.2) is 4.98 Å². The molecule has 0 aliphatic rings. The number of thiophene rings is 1. The molecule has 0 aliphatic heterocycles. The van der Waals surface area contributed by atoms with Crippen LogP contribution in [0.25, 0.3) is 21.7 Å². The minimum atomic E-state index is -1.06. The molecular weight excluding hydrogens is 428 g/mol. The van der Waals surface area contributed by atoms with Crippen LogP contribution in [0.4, 0.5) is 0 Å². The van der Waals surface area contributed by atoms with E-state index in [-0.39, 0.29) is 0 Å². The first-order valence-electron chi connectivity index (χ1n) is 9.31. The average Bonchev–Trinajstić information content (AvgIpc) is 3.33. The smallest absolute Gasteiger partial charge is 0.116 e. The van der Waals surface area contributed by atoms with Gasteiger partial charge in [-0.1, -0.05) is 78.5 Å². The molecule has 2 aromatic carbocycles. The number of hydrogen-bond acceptors (Lipinski definition) is 5. The Hall–Kier alpha value is -2.72. The summed E-state index contributed by atoms with van der Waals surface area (Å²) in [4.78, 5) is 5.81. The van der Waals surface area contributed by atoms with Crippen molar-refractivity contribution in [1.29, 1.82) is 5.26 Å². The number of rotatable bonds is 7. The van der Waals surface area contributed by atoms with Gasteiger partial charge in [0, 0.05) is 22.1 Å². The first-order valence-corrected chi connectivity index (χ1v) is 12.7. The van der Waals surface area contributed by atoms with Gasteiger partial charge in [-0.3, -0.25) is 4.21 Å². The van der Waals surface area contributed by atoms with Gasteiger partial charge >= 0.3 is 0 Å².